The SMILES string of the molecule is C1=CC2N=C(c3ccc(-c4ccc(-c5cc6ccc7cccc8c9ccccc9c9ccccc9c(c5)c6c78)c5ccccc45)cc3)N=C2N=C1. The Bertz CT molecular complexity index is 3070. The molecule has 236 valence electrons. The molecule has 0 aromatic heterocycles. The van der Waals surface area contributed by atoms with Crippen LogP contribution in [0.2, 0.25) is 0 Å². The molecule has 0 saturated heterocycles. The lowest BCUT2D eigenvalue weighted by Crippen LogP contribution is -2.12. The number of amidine groups is 2. The molecule has 0 radical (unpaired) electrons. The van der Waals surface area contributed by atoms with Crippen LogP contribution in [0.1, 0.15) is 5.56 Å². The molecule has 1 unspecified atom stereocenters. The van der Waals surface area contributed by atoms with E-state index in [-0.39, 0.29) is 6.04 Å². The largest absolute Gasteiger partial charge is 0.250 e. The fourth-order valence-corrected chi connectivity index (χ4v) is 8.38. The summed E-state index contributed by atoms with van der Waals surface area (Å²) in [5.74, 6) is 1.50. The summed E-state index contributed by atoms with van der Waals surface area (Å²) in [6.07, 6.45) is 5.74. The first-order valence-corrected chi connectivity index (χ1v) is 17.5. The van der Waals surface area contributed by atoms with E-state index in [4.69, 9.17) is 4.99 Å². The number of hydrogen-bond donors (Lipinski definition) is 0. The Balaban J connectivity index is 1.13. The molecule has 0 amide bonds. The van der Waals surface area contributed by atoms with E-state index in [1.165, 1.54) is 81.3 Å². The van der Waals surface area contributed by atoms with E-state index in [0.717, 1.165) is 22.8 Å². The fourth-order valence-electron chi connectivity index (χ4n) is 8.38. The van der Waals surface area contributed by atoms with Gasteiger partial charge in [0.15, 0.2) is 11.7 Å². The first-order valence-electron chi connectivity index (χ1n) is 17.5. The number of hydrogen-bond acceptors (Lipinski definition) is 3. The number of allylic oxidation sites excluding steroid dienone is 1. The van der Waals surface area contributed by atoms with E-state index >= 15 is 0 Å². The third kappa shape index (κ3) is 4.28. The van der Waals surface area contributed by atoms with Crippen LogP contribution in [-0.4, -0.2) is 23.9 Å². The van der Waals surface area contributed by atoms with Gasteiger partial charge in [0.25, 0.3) is 0 Å². The summed E-state index contributed by atoms with van der Waals surface area (Å²) in [7, 11) is 0. The second-order valence-corrected chi connectivity index (χ2v) is 13.5. The zero-order valence-electron chi connectivity index (χ0n) is 27.6. The highest BCUT2D eigenvalue weighted by atomic mass is 15.1. The van der Waals surface area contributed by atoms with Crippen LogP contribution in [0.15, 0.2) is 179 Å². The van der Waals surface area contributed by atoms with Crippen LogP contribution < -0.4 is 0 Å². The molecule has 0 spiro atoms. The van der Waals surface area contributed by atoms with Gasteiger partial charge >= 0.3 is 0 Å². The predicted octanol–water partition coefficient (Wildman–Crippen LogP) is 12.1. The maximum absolute atomic E-state index is 4.78. The molecule has 0 aliphatic carbocycles. The molecule has 0 fully saturated rings. The van der Waals surface area contributed by atoms with Gasteiger partial charge in [-0.2, -0.15) is 0 Å². The number of rotatable bonds is 3. The smallest absolute Gasteiger partial charge is 0.159 e. The third-order valence-corrected chi connectivity index (χ3v) is 10.7. The van der Waals surface area contributed by atoms with Crippen molar-refractivity contribution >= 4 is 82.5 Å². The Labute approximate surface area is 294 Å². The molecule has 0 saturated carbocycles. The highest BCUT2D eigenvalue weighted by molar-refractivity contribution is 6.33. The molecule has 2 aliphatic heterocycles. The molecular formula is C48H29N3. The van der Waals surface area contributed by atoms with Gasteiger partial charge in [0, 0.05) is 11.8 Å². The lowest BCUT2D eigenvalue weighted by atomic mass is 9.87. The van der Waals surface area contributed by atoms with Crippen molar-refractivity contribution in [2.24, 2.45) is 15.0 Å². The second-order valence-electron chi connectivity index (χ2n) is 13.5. The Hall–Kier alpha value is -6.71. The third-order valence-electron chi connectivity index (χ3n) is 10.7. The second kappa shape index (κ2) is 10.9. The minimum Gasteiger partial charge on any atom is -0.250 e. The molecule has 2 aliphatic rings. The Kier molecular flexibility index (Phi) is 6.02. The Morgan fingerprint density at radius 1 is 0.412 bits per heavy atom. The van der Waals surface area contributed by atoms with E-state index in [2.05, 4.69) is 162 Å². The van der Waals surface area contributed by atoms with Gasteiger partial charge in [-0.25, -0.2) is 9.98 Å². The van der Waals surface area contributed by atoms with E-state index in [0.29, 0.717) is 0 Å². The summed E-state index contributed by atoms with van der Waals surface area (Å²) in [6.45, 7) is 0. The van der Waals surface area contributed by atoms with Crippen LogP contribution in [0, 0.1) is 0 Å². The molecule has 2 heterocycles. The molecule has 9 aromatic carbocycles. The summed E-state index contributed by atoms with van der Waals surface area (Å²) in [5.41, 5.74) is 5.81. The van der Waals surface area contributed by atoms with Crippen LogP contribution in [-0.2, 0) is 0 Å². The number of dihydropyridines is 1. The van der Waals surface area contributed by atoms with Crippen LogP contribution in [0.25, 0.3) is 86.9 Å². The Morgan fingerprint density at radius 2 is 0.980 bits per heavy atom. The quantitative estimate of drug-likeness (QED) is 0.171. The molecule has 11 rings (SSSR count). The maximum Gasteiger partial charge on any atom is 0.159 e. The molecule has 1 atom stereocenters. The highest BCUT2D eigenvalue weighted by Crippen LogP contribution is 2.43. The predicted molar refractivity (Wildman–Crippen MR) is 218 cm³/mol. The molecule has 3 nitrogen and oxygen atoms in total. The van der Waals surface area contributed by atoms with Gasteiger partial charge in [-0.3, -0.25) is 4.99 Å². The monoisotopic (exact) mass is 647 g/mol. The van der Waals surface area contributed by atoms with Crippen molar-refractivity contribution in [3.05, 3.63) is 169 Å². The summed E-state index contributed by atoms with van der Waals surface area (Å²) < 4.78 is 0. The van der Waals surface area contributed by atoms with Crippen molar-refractivity contribution in [3.8, 4) is 22.3 Å². The zero-order chi connectivity index (χ0) is 33.5. The summed E-state index contributed by atoms with van der Waals surface area (Å²) in [5, 5.41) is 15.2. The molecular weight excluding hydrogens is 619 g/mol. The van der Waals surface area contributed by atoms with Crippen LogP contribution >= 0.6 is 0 Å². The average molecular weight is 648 g/mol. The highest BCUT2D eigenvalue weighted by Gasteiger charge is 2.22. The van der Waals surface area contributed by atoms with Gasteiger partial charge < -0.3 is 0 Å². The minimum absolute atomic E-state index is 0.0790. The summed E-state index contributed by atoms with van der Waals surface area (Å²) in [6, 6.07) is 55.8. The van der Waals surface area contributed by atoms with Crippen molar-refractivity contribution in [2.45, 2.75) is 6.04 Å². The number of fused-ring (bicyclic) bond motifs is 7. The lowest BCUT2D eigenvalue weighted by molar-refractivity contribution is 1.09. The Morgan fingerprint density at radius 3 is 1.69 bits per heavy atom. The summed E-state index contributed by atoms with van der Waals surface area (Å²) >= 11 is 0. The first-order chi connectivity index (χ1) is 25.3. The van der Waals surface area contributed by atoms with Crippen molar-refractivity contribution in [1.82, 2.24) is 0 Å². The van der Waals surface area contributed by atoms with Crippen LogP contribution in [0.5, 0.6) is 0 Å². The number of nitrogens with zero attached hydrogens (tertiary/aromatic N) is 3. The minimum atomic E-state index is -0.0790. The van der Waals surface area contributed by atoms with Crippen molar-refractivity contribution in [2.75, 3.05) is 0 Å². The topological polar surface area (TPSA) is 37.1 Å². The van der Waals surface area contributed by atoms with Gasteiger partial charge in [0.1, 0.15) is 6.04 Å². The van der Waals surface area contributed by atoms with Gasteiger partial charge in [-0.1, -0.05) is 146 Å². The van der Waals surface area contributed by atoms with Gasteiger partial charge in [0.2, 0.25) is 0 Å². The number of aliphatic imine (C=N–C) groups is 3. The molecule has 51 heavy (non-hydrogen) atoms. The average Bonchev–Trinajstić information content (AvgIpc) is 3.64. The van der Waals surface area contributed by atoms with Gasteiger partial charge in [0.05, 0.1) is 0 Å². The van der Waals surface area contributed by atoms with Gasteiger partial charge in [-0.05, 0) is 105 Å². The van der Waals surface area contributed by atoms with Crippen molar-refractivity contribution in [1.29, 1.82) is 0 Å². The normalized spacial score (nSPS) is 15.3. The zero-order valence-corrected chi connectivity index (χ0v) is 27.6. The van der Waals surface area contributed by atoms with Crippen LogP contribution in [0.4, 0.5) is 0 Å². The standard InChI is InChI=1S/C48H29N3/c1-2-11-37-35(25-24-34(36(37)10-1)29-18-21-31(22-19-29)47-50-44-17-8-26-49-48(44)51-47)33-27-32-23-20-30-9-7-16-42-40-14-5-3-12-38(40)39-13-4-6-15-41(39)43(28-33)46(32)45(30)42/h1-28,44H. The lowest BCUT2D eigenvalue weighted by Gasteiger charge is -2.17. The molecule has 3 heteroatoms. The summed E-state index contributed by atoms with van der Waals surface area (Å²) in [4.78, 5) is 13.9. The maximum atomic E-state index is 4.78. The fraction of sp³-hybridized carbons (Fsp3) is 0.0208. The number of benzene rings is 8. The molecule has 9 aromatic rings. The molecule has 0 N–H and O–H groups in total. The van der Waals surface area contributed by atoms with Crippen molar-refractivity contribution in [3.63, 3.8) is 0 Å². The van der Waals surface area contributed by atoms with E-state index < -0.39 is 0 Å². The molecule has 0 bridgehead atoms. The van der Waals surface area contributed by atoms with Crippen molar-refractivity contribution < 1.29 is 0 Å². The van der Waals surface area contributed by atoms with E-state index in [1.54, 1.807) is 6.21 Å². The van der Waals surface area contributed by atoms with Crippen LogP contribution in [0.3, 0.4) is 0 Å². The van der Waals surface area contributed by atoms with E-state index in [9.17, 15) is 0 Å². The van der Waals surface area contributed by atoms with E-state index in [1.807, 2.05) is 12.2 Å². The first kappa shape index (κ1) is 28.2. The van der Waals surface area contributed by atoms with Gasteiger partial charge in [-0.15, -0.1) is 0 Å².